The summed E-state index contributed by atoms with van der Waals surface area (Å²) in [6, 6.07) is 4.28. The fourth-order valence-corrected chi connectivity index (χ4v) is 5.48. The first-order valence-electron chi connectivity index (χ1n) is 12.1. The van der Waals surface area contributed by atoms with Crippen LogP contribution in [0, 0.1) is 0 Å². The Morgan fingerprint density at radius 1 is 1.22 bits per heavy atom. The van der Waals surface area contributed by atoms with Gasteiger partial charge in [-0.2, -0.15) is 14.9 Å². The average Bonchev–Trinajstić information content (AvgIpc) is 3.52. The van der Waals surface area contributed by atoms with Crippen LogP contribution in [0.1, 0.15) is 63.9 Å². The first kappa shape index (κ1) is 21.2. The molecule has 1 aliphatic heterocycles. The molecule has 1 saturated heterocycles. The summed E-state index contributed by atoms with van der Waals surface area (Å²) in [5.74, 6) is 1.85. The van der Waals surface area contributed by atoms with Gasteiger partial charge in [0.25, 0.3) is 0 Å². The minimum Gasteiger partial charge on any atom is -0.378 e. The van der Waals surface area contributed by atoms with Gasteiger partial charge in [0, 0.05) is 30.0 Å². The Morgan fingerprint density at radius 3 is 2.75 bits per heavy atom. The molecule has 7 nitrogen and oxygen atoms in total. The molecule has 0 bridgehead atoms. The van der Waals surface area contributed by atoms with Crippen molar-refractivity contribution in [3.05, 3.63) is 42.2 Å². The smallest absolute Gasteiger partial charge is 0.167 e. The van der Waals surface area contributed by atoms with Crippen LogP contribution in [-0.4, -0.2) is 51.3 Å². The van der Waals surface area contributed by atoms with Gasteiger partial charge in [-0.25, -0.2) is 4.98 Å². The summed E-state index contributed by atoms with van der Waals surface area (Å²) in [7, 11) is 0. The molecule has 1 N–H and O–H groups in total. The molecular formula is C25H34N6O. The van der Waals surface area contributed by atoms with Crippen LogP contribution in [0.25, 0.3) is 16.9 Å². The lowest BCUT2D eigenvalue weighted by molar-refractivity contribution is 0.122. The van der Waals surface area contributed by atoms with Crippen molar-refractivity contribution in [2.45, 2.75) is 63.7 Å². The number of rotatable bonds is 7. The Labute approximate surface area is 189 Å². The Kier molecular flexibility index (Phi) is 6.00. The number of hydrogen-bond acceptors (Lipinski definition) is 5. The van der Waals surface area contributed by atoms with Crippen molar-refractivity contribution in [1.82, 2.24) is 25.0 Å². The maximum Gasteiger partial charge on any atom is 0.167 e. The number of aromatic nitrogens is 5. The monoisotopic (exact) mass is 434 g/mol. The fourth-order valence-electron chi connectivity index (χ4n) is 5.48. The second-order valence-corrected chi connectivity index (χ2v) is 9.21. The summed E-state index contributed by atoms with van der Waals surface area (Å²) in [5, 5.41) is 13.1. The van der Waals surface area contributed by atoms with Crippen molar-refractivity contribution in [2.75, 3.05) is 31.2 Å². The predicted molar refractivity (Wildman–Crippen MR) is 127 cm³/mol. The third-order valence-electron chi connectivity index (χ3n) is 7.31. The van der Waals surface area contributed by atoms with E-state index in [0.29, 0.717) is 0 Å². The van der Waals surface area contributed by atoms with Crippen molar-refractivity contribution in [1.29, 1.82) is 0 Å². The molecule has 0 amide bonds. The van der Waals surface area contributed by atoms with Crippen molar-refractivity contribution >= 4 is 16.9 Å². The normalized spacial score (nSPS) is 18.8. The summed E-state index contributed by atoms with van der Waals surface area (Å²) in [5.41, 5.74) is 3.63. The van der Waals surface area contributed by atoms with Gasteiger partial charge in [-0.05, 0) is 37.3 Å². The molecule has 0 spiro atoms. The molecule has 0 aromatic carbocycles. The summed E-state index contributed by atoms with van der Waals surface area (Å²) < 4.78 is 7.50. The number of H-pyrrole nitrogens is 1. The van der Waals surface area contributed by atoms with Gasteiger partial charge in [0.1, 0.15) is 5.82 Å². The molecule has 4 heterocycles. The first-order chi connectivity index (χ1) is 15.7. The molecule has 3 aromatic rings. The predicted octanol–water partition coefficient (Wildman–Crippen LogP) is 4.93. The van der Waals surface area contributed by atoms with Crippen molar-refractivity contribution in [3.8, 4) is 5.82 Å². The lowest BCUT2D eigenvalue weighted by Gasteiger charge is -2.41. The molecule has 32 heavy (non-hydrogen) atoms. The molecule has 2 fully saturated rings. The van der Waals surface area contributed by atoms with Crippen LogP contribution in [0.3, 0.4) is 0 Å². The van der Waals surface area contributed by atoms with Crippen LogP contribution in [0.2, 0.25) is 0 Å². The lowest BCUT2D eigenvalue weighted by atomic mass is 9.64. The summed E-state index contributed by atoms with van der Waals surface area (Å²) in [6.45, 7) is 10.1. The van der Waals surface area contributed by atoms with Gasteiger partial charge in [0.2, 0.25) is 0 Å². The van der Waals surface area contributed by atoms with Crippen LogP contribution in [0.15, 0.2) is 36.7 Å². The Bertz CT molecular complexity index is 1060. The van der Waals surface area contributed by atoms with E-state index in [0.717, 1.165) is 68.2 Å². The average molecular weight is 435 g/mol. The number of hydrogen-bond donors (Lipinski definition) is 1. The number of morpholine rings is 1. The van der Waals surface area contributed by atoms with Gasteiger partial charge in [-0.15, -0.1) is 0 Å². The van der Waals surface area contributed by atoms with E-state index in [1.807, 2.05) is 16.9 Å². The quantitative estimate of drug-likeness (QED) is 0.534. The third-order valence-corrected chi connectivity index (χ3v) is 7.31. The maximum atomic E-state index is 5.61. The zero-order chi connectivity index (χ0) is 22.0. The molecule has 2 aliphatic rings. The number of fused-ring (bicyclic) bond motifs is 1. The molecule has 170 valence electrons. The van der Waals surface area contributed by atoms with E-state index in [4.69, 9.17) is 14.8 Å². The first-order valence-corrected chi connectivity index (χ1v) is 12.1. The summed E-state index contributed by atoms with van der Waals surface area (Å²) in [6.07, 6.45) is 13.3. The minimum absolute atomic E-state index is 0.00248. The van der Waals surface area contributed by atoms with Crippen LogP contribution >= 0.6 is 0 Å². The lowest BCUT2D eigenvalue weighted by Crippen LogP contribution is -2.37. The highest BCUT2D eigenvalue weighted by atomic mass is 16.5. The SMILES string of the molecule is C=C(CCCC)C1(c2cc(N3CCOCC3)nc3c2cnn3-c2ccn[nH]2)CCCCC1. The maximum absolute atomic E-state index is 5.61. The number of unbranched alkanes of at least 4 members (excludes halogenated alkanes) is 1. The summed E-state index contributed by atoms with van der Waals surface area (Å²) >= 11 is 0. The second kappa shape index (κ2) is 9.06. The number of ether oxygens (including phenoxy) is 1. The van der Waals surface area contributed by atoms with Crippen molar-refractivity contribution in [2.24, 2.45) is 0 Å². The summed E-state index contributed by atoms with van der Waals surface area (Å²) in [4.78, 5) is 7.47. The topological polar surface area (TPSA) is 71.9 Å². The highest BCUT2D eigenvalue weighted by Crippen LogP contribution is 2.49. The molecule has 3 aromatic heterocycles. The van der Waals surface area contributed by atoms with E-state index in [2.05, 4.69) is 34.7 Å². The van der Waals surface area contributed by atoms with Crippen molar-refractivity contribution in [3.63, 3.8) is 0 Å². The van der Waals surface area contributed by atoms with Gasteiger partial charge >= 0.3 is 0 Å². The number of nitrogens with one attached hydrogen (secondary N) is 1. The zero-order valence-corrected chi connectivity index (χ0v) is 19.1. The Balaban J connectivity index is 1.70. The third kappa shape index (κ3) is 3.72. The van der Waals surface area contributed by atoms with Gasteiger partial charge < -0.3 is 9.64 Å². The van der Waals surface area contributed by atoms with E-state index in [-0.39, 0.29) is 5.41 Å². The highest BCUT2D eigenvalue weighted by molar-refractivity contribution is 5.84. The van der Waals surface area contributed by atoms with Gasteiger partial charge in [-0.3, -0.25) is 5.10 Å². The zero-order valence-electron chi connectivity index (χ0n) is 19.1. The van der Waals surface area contributed by atoms with E-state index in [1.165, 1.54) is 43.2 Å². The fraction of sp³-hybridized carbons (Fsp3) is 0.560. The Hall–Kier alpha value is -2.67. The molecule has 1 aliphatic carbocycles. The van der Waals surface area contributed by atoms with E-state index >= 15 is 0 Å². The number of anilines is 1. The largest absolute Gasteiger partial charge is 0.378 e. The molecule has 1 saturated carbocycles. The van der Waals surface area contributed by atoms with E-state index in [1.54, 1.807) is 6.20 Å². The van der Waals surface area contributed by atoms with E-state index < -0.39 is 0 Å². The van der Waals surface area contributed by atoms with Gasteiger partial charge in [0.15, 0.2) is 11.5 Å². The molecular weight excluding hydrogens is 400 g/mol. The second-order valence-electron chi connectivity index (χ2n) is 9.21. The van der Waals surface area contributed by atoms with Crippen molar-refractivity contribution < 1.29 is 4.74 Å². The van der Waals surface area contributed by atoms with Gasteiger partial charge in [0.05, 0.1) is 25.6 Å². The number of pyridine rings is 1. The van der Waals surface area contributed by atoms with E-state index in [9.17, 15) is 0 Å². The molecule has 7 heteroatoms. The van der Waals surface area contributed by atoms with Gasteiger partial charge in [-0.1, -0.05) is 44.8 Å². The van der Waals surface area contributed by atoms with Crippen LogP contribution < -0.4 is 4.90 Å². The number of allylic oxidation sites excluding steroid dienone is 1. The standard InChI is InChI=1S/C25H34N6O/c1-3-4-8-19(2)25(10-6-5-7-11-25)21-17-23(30-13-15-32-16-14-30)28-24-20(21)18-27-31(24)22-9-12-26-29-22/h9,12,17-18H,2-8,10-11,13-16H2,1H3,(H,26,29). The molecule has 5 rings (SSSR count). The molecule has 0 unspecified atom stereocenters. The van der Waals surface area contributed by atoms with Crippen LogP contribution in [-0.2, 0) is 10.2 Å². The Morgan fingerprint density at radius 2 is 2.03 bits per heavy atom. The van der Waals surface area contributed by atoms with Crippen LogP contribution in [0.4, 0.5) is 5.82 Å². The highest BCUT2D eigenvalue weighted by Gasteiger charge is 2.39. The molecule has 0 radical (unpaired) electrons. The molecule has 0 atom stereocenters. The minimum atomic E-state index is -0.00248. The number of aromatic amines is 1. The number of nitrogens with zero attached hydrogens (tertiary/aromatic N) is 5. The van der Waals surface area contributed by atoms with Crippen LogP contribution in [0.5, 0.6) is 0 Å².